The van der Waals surface area contributed by atoms with Gasteiger partial charge in [0.1, 0.15) is 5.82 Å². The van der Waals surface area contributed by atoms with Gasteiger partial charge < -0.3 is 0 Å². The van der Waals surface area contributed by atoms with Crippen LogP contribution in [-0.2, 0) is 5.41 Å². The zero-order valence-electron chi connectivity index (χ0n) is 20.0. The fourth-order valence-corrected chi connectivity index (χ4v) is 5.77. The van der Waals surface area contributed by atoms with E-state index < -0.39 is 0 Å². The molecule has 0 unspecified atom stereocenters. The van der Waals surface area contributed by atoms with E-state index in [4.69, 9.17) is 15.0 Å². The molecule has 7 rings (SSSR count). The van der Waals surface area contributed by atoms with Gasteiger partial charge in [-0.15, -0.1) is 0 Å². The fraction of sp³-hybridized carbons (Fsp3) is 0.156. The maximum absolute atomic E-state index is 5.16. The van der Waals surface area contributed by atoms with E-state index in [-0.39, 0.29) is 5.41 Å². The van der Waals surface area contributed by atoms with Gasteiger partial charge >= 0.3 is 0 Å². The van der Waals surface area contributed by atoms with Gasteiger partial charge in [0.2, 0.25) is 0 Å². The Kier molecular flexibility index (Phi) is 5.26. The normalized spacial score (nSPS) is 18.9. The summed E-state index contributed by atoms with van der Waals surface area (Å²) in [7, 11) is 0. The van der Waals surface area contributed by atoms with Crippen LogP contribution >= 0.6 is 0 Å². The molecule has 0 radical (unpaired) electrons. The molecule has 5 aromatic rings. The van der Waals surface area contributed by atoms with E-state index in [9.17, 15) is 0 Å². The molecule has 1 aromatic heterocycles. The highest BCUT2D eigenvalue weighted by Crippen LogP contribution is 2.62. The highest BCUT2D eigenvalue weighted by molar-refractivity contribution is 5.68. The Morgan fingerprint density at radius 1 is 0.543 bits per heavy atom. The predicted molar refractivity (Wildman–Crippen MR) is 141 cm³/mol. The van der Waals surface area contributed by atoms with Crippen molar-refractivity contribution < 1.29 is 0 Å². The van der Waals surface area contributed by atoms with E-state index in [0.717, 1.165) is 35.0 Å². The third-order valence-electron chi connectivity index (χ3n) is 7.18. The first-order valence-electron chi connectivity index (χ1n) is 12.4. The molecule has 0 amide bonds. The molecule has 2 bridgehead atoms. The standard InChI is InChI=1S/C30H21N3.C2H6/c1-3-11-20(12-4-1)27-31-28(21-13-5-2-6-14-21)33-29(32-27)30-19-24(22-15-7-9-17-25(22)30)23-16-8-10-18-26(23)30;1-2/h1-18,24H,19H2;1-2H3. The average Bonchev–Trinajstić information content (AvgIpc) is 3.49. The van der Waals surface area contributed by atoms with Crippen LogP contribution in [0.4, 0.5) is 0 Å². The highest BCUT2D eigenvalue weighted by Gasteiger charge is 2.55. The first-order chi connectivity index (χ1) is 17.3. The summed E-state index contributed by atoms with van der Waals surface area (Å²) in [4.78, 5) is 15.2. The monoisotopic (exact) mass is 453 g/mol. The van der Waals surface area contributed by atoms with Gasteiger partial charge in [-0.1, -0.05) is 123 Å². The molecule has 3 nitrogen and oxygen atoms in total. The van der Waals surface area contributed by atoms with Crippen molar-refractivity contribution in [3.8, 4) is 22.8 Å². The molecule has 0 N–H and O–H groups in total. The SMILES string of the molecule is CC.c1ccc(-c2nc(-c3ccccc3)nc(C34CC(c5ccccc53)c3ccccc34)n2)cc1. The minimum absolute atomic E-state index is 0.353. The summed E-state index contributed by atoms with van der Waals surface area (Å²) >= 11 is 0. The molecule has 0 atom stereocenters. The van der Waals surface area contributed by atoms with E-state index in [1.54, 1.807) is 0 Å². The Bertz CT molecular complexity index is 1390. The number of hydrogen-bond donors (Lipinski definition) is 0. The van der Waals surface area contributed by atoms with Crippen LogP contribution in [0.25, 0.3) is 22.8 Å². The molecule has 3 heteroatoms. The van der Waals surface area contributed by atoms with Crippen molar-refractivity contribution in [2.24, 2.45) is 0 Å². The van der Waals surface area contributed by atoms with Crippen LogP contribution < -0.4 is 0 Å². The maximum atomic E-state index is 5.16. The second-order valence-electron chi connectivity index (χ2n) is 8.87. The van der Waals surface area contributed by atoms with E-state index >= 15 is 0 Å². The zero-order valence-corrected chi connectivity index (χ0v) is 20.0. The lowest BCUT2D eigenvalue weighted by Crippen LogP contribution is -2.29. The largest absolute Gasteiger partial charge is 0.212 e. The predicted octanol–water partition coefficient (Wildman–Crippen LogP) is 7.42. The van der Waals surface area contributed by atoms with Gasteiger partial charge in [0, 0.05) is 17.0 Å². The number of rotatable bonds is 3. The van der Waals surface area contributed by atoms with Crippen molar-refractivity contribution in [1.82, 2.24) is 15.0 Å². The number of hydrogen-bond acceptors (Lipinski definition) is 3. The minimum Gasteiger partial charge on any atom is -0.212 e. The van der Waals surface area contributed by atoms with Crippen molar-refractivity contribution in [3.05, 3.63) is 137 Å². The smallest absolute Gasteiger partial charge is 0.163 e. The summed E-state index contributed by atoms with van der Waals surface area (Å²) in [5, 5.41) is 0. The van der Waals surface area contributed by atoms with Crippen LogP contribution in [-0.4, -0.2) is 15.0 Å². The first kappa shape index (κ1) is 21.4. The van der Waals surface area contributed by atoms with E-state index in [1.807, 2.05) is 50.2 Å². The third-order valence-corrected chi connectivity index (χ3v) is 7.18. The van der Waals surface area contributed by atoms with Crippen molar-refractivity contribution >= 4 is 0 Å². The molecular weight excluding hydrogens is 426 g/mol. The Morgan fingerprint density at radius 2 is 0.971 bits per heavy atom. The van der Waals surface area contributed by atoms with Crippen LogP contribution in [0.2, 0.25) is 0 Å². The summed E-state index contributed by atoms with van der Waals surface area (Å²) in [5.41, 5.74) is 7.12. The first-order valence-corrected chi connectivity index (χ1v) is 12.4. The highest BCUT2D eigenvalue weighted by atomic mass is 15.1. The van der Waals surface area contributed by atoms with Crippen LogP contribution in [0.15, 0.2) is 109 Å². The lowest BCUT2D eigenvalue weighted by molar-refractivity contribution is 0.588. The summed E-state index contributed by atoms with van der Waals surface area (Å²) in [6.45, 7) is 4.00. The van der Waals surface area contributed by atoms with Gasteiger partial charge in [-0.2, -0.15) is 0 Å². The number of fused-ring (bicyclic) bond motifs is 8. The van der Waals surface area contributed by atoms with Crippen LogP contribution in [0, 0.1) is 0 Å². The molecule has 0 saturated carbocycles. The van der Waals surface area contributed by atoms with Gasteiger partial charge in [-0.25, -0.2) is 15.0 Å². The Hall–Kier alpha value is -4.11. The van der Waals surface area contributed by atoms with Crippen molar-refractivity contribution in [1.29, 1.82) is 0 Å². The van der Waals surface area contributed by atoms with Crippen molar-refractivity contribution in [2.45, 2.75) is 31.6 Å². The van der Waals surface area contributed by atoms with Gasteiger partial charge in [0.25, 0.3) is 0 Å². The molecule has 4 aromatic carbocycles. The number of aromatic nitrogens is 3. The molecule has 2 aliphatic rings. The van der Waals surface area contributed by atoms with Gasteiger partial charge in [0.15, 0.2) is 11.6 Å². The van der Waals surface area contributed by atoms with Crippen molar-refractivity contribution in [2.75, 3.05) is 0 Å². The van der Waals surface area contributed by atoms with Crippen molar-refractivity contribution in [3.63, 3.8) is 0 Å². The Morgan fingerprint density at radius 3 is 1.46 bits per heavy atom. The summed E-state index contributed by atoms with van der Waals surface area (Å²) in [5.74, 6) is 2.67. The summed E-state index contributed by atoms with van der Waals surface area (Å²) in [6.07, 6.45) is 0.970. The van der Waals surface area contributed by atoms with E-state index in [2.05, 4.69) is 72.8 Å². The molecular formula is C32H27N3. The Balaban J connectivity index is 0.00000112. The second-order valence-corrected chi connectivity index (χ2v) is 8.87. The lowest BCUT2D eigenvalue weighted by Gasteiger charge is -2.30. The quantitative estimate of drug-likeness (QED) is 0.285. The topological polar surface area (TPSA) is 38.7 Å². The molecule has 0 fully saturated rings. The molecule has 0 spiro atoms. The summed E-state index contributed by atoms with van der Waals surface area (Å²) < 4.78 is 0. The minimum atomic E-state index is -0.353. The molecule has 170 valence electrons. The van der Waals surface area contributed by atoms with E-state index in [1.165, 1.54) is 22.3 Å². The molecule has 2 aliphatic carbocycles. The van der Waals surface area contributed by atoms with Crippen LogP contribution in [0.1, 0.15) is 54.3 Å². The second kappa shape index (κ2) is 8.59. The average molecular weight is 454 g/mol. The van der Waals surface area contributed by atoms with Gasteiger partial charge in [0.05, 0.1) is 5.41 Å². The third kappa shape index (κ3) is 3.23. The van der Waals surface area contributed by atoms with Crippen LogP contribution in [0.5, 0.6) is 0 Å². The van der Waals surface area contributed by atoms with E-state index in [0.29, 0.717) is 5.92 Å². The fourth-order valence-electron chi connectivity index (χ4n) is 5.77. The van der Waals surface area contributed by atoms with Crippen LogP contribution in [0.3, 0.4) is 0 Å². The molecule has 1 heterocycles. The molecule has 0 aliphatic heterocycles. The molecule has 35 heavy (non-hydrogen) atoms. The maximum Gasteiger partial charge on any atom is 0.163 e. The zero-order chi connectivity index (χ0) is 23.8. The summed E-state index contributed by atoms with van der Waals surface area (Å²) in [6, 6.07) is 38.1. The molecule has 0 saturated heterocycles. The Labute approximate surface area is 206 Å². The van der Waals surface area contributed by atoms with Gasteiger partial charge in [-0.3, -0.25) is 0 Å². The lowest BCUT2D eigenvalue weighted by atomic mass is 9.74. The number of benzene rings is 4. The van der Waals surface area contributed by atoms with Gasteiger partial charge in [-0.05, 0) is 28.7 Å². The number of nitrogens with zero attached hydrogens (tertiary/aromatic N) is 3.